The number of benzene rings is 2. The van der Waals surface area contributed by atoms with E-state index in [1.807, 2.05) is 65.8 Å². The van der Waals surface area contributed by atoms with Gasteiger partial charge < -0.3 is 5.32 Å². The molecule has 6 heteroatoms. The highest BCUT2D eigenvalue weighted by molar-refractivity contribution is 6.09. The summed E-state index contributed by atoms with van der Waals surface area (Å²) in [5, 5.41) is 13.0. The number of aryl methyl sites for hydroxylation is 2. The zero-order valence-electron chi connectivity index (χ0n) is 21.1. The Morgan fingerprint density at radius 2 is 1.41 bits per heavy atom. The normalized spacial score (nSPS) is 13.2. The quantitative estimate of drug-likeness (QED) is 0.311. The van der Waals surface area contributed by atoms with Gasteiger partial charge in [0, 0.05) is 11.4 Å². The number of nitrogens with zero attached hydrogens (tertiary/aromatic N) is 2. The van der Waals surface area contributed by atoms with Gasteiger partial charge in [0.2, 0.25) is 0 Å². The number of hydrogen-bond acceptors (Lipinski definition) is 3. The Hall–Kier alpha value is -3.07. The molecule has 182 valence electrons. The summed E-state index contributed by atoms with van der Waals surface area (Å²) in [6.45, 7) is 13.2. The Labute approximate surface area is 201 Å². The number of para-hydroxylation sites is 2. The van der Waals surface area contributed by atoms with Crippen LogP contribution in [0.4, 0.5) is 24.5 Å². The third-order valence-corrected chi connectivity index (χ3v) is 5.87. The number of nitriles is 1. The van der Waals surface area contributed by atoms with Crippen LogP contribution in [-0.2, 0) is 12.8 Å². The van der Waals surface area contributed by atoms with Gasteiger partial charge in [0.25, 0.3) is 0 Å². The SMILES string of the molecule is CCc1cccc(CC)c1N/C(C)=C(/C#N)C(=Nc1c(C(C)C)cccc1C(C)C)C(F)(F)F. The fourth-order valence-corrected chi connectivity index (χ4v) is 3.98. The van der Waals surface area contributed by atoms with Gasteiger partial charge in [-0.05, 0) is 53.9 Å². The summed E-state index contributed by atoms with van der Waals surface area (Å²) in [6.07, 6.45) is -3.37. The minimum absolute atomic E-state index is 0.0239. The van der Waals surface area contributed by atoms with E-state index >= 15 is 0 Å². The molecule has 0 atom stereocenters. The summed E-state index contributed by atoms with van der Waals surface area (Å²) in [6, 6.07) is 13.0. The summed E-state index contributed by atoms with van der Waals surface area (Å²) in [7, 11) is 0. The van der Waals surface area contributed by atoms with Crippen molar-refractivity contribution in [2.24, 2.45) is 4.99 Å². The van der Waals surface area contributed by atoms with E-state index < -0.39 is 17.5 Å². The number of rotatable bonds is 8. The lowest BCUT2D eigenvalue weighted by molar-refractivity contribution is -0.0580. The third kappa shape index (κ3) is 6.08. The Balaban J connectivity index is 2.80. The van der Waals surface area contributed by atoms with E-state index in [4.69, 9.17) is 0 Å². The molecule has 0 heterocycles. The zero-order chi connectivity index (χ0) is 25.6. The molecule has 3 nitrogen and oxygen atoms in total. The number of aliphatic imine (C=N–C) groups is 1. The standard InChI is InChI=1S/C28H34F3N3/c1-8-20-12-10-13-21(9-2)25(20)33-19(7)24(16-32)27(28(29,30)31)34-26-22(17(3)4)14-11-15-23(26)18(5)6/h10-15,17-18,33H,8-9H2,1-7H3/b24-19-,34-27?. The lowest BCUT2D eigenvalue weighted by Crippen LogP contribution is -2.26. The second kappa shape index (κ2) is 11.4. The second-order valence-electron chi connectivity index (χ2n) is 8.95. The van der Waals surface area contributed by atoms with Gasteiger partial charge in [0.05, 0.1) is 5.69 Å². The molecule has 34 heavy (non-hydrogen) atoms. The van der Waals surface area contributed by atoms with Crippen LogP contribution >= 0.6 is 0 Å². The predicted octanol–water partition coefficient (Wildman–Crippen LogP) is 8.60. The molecule has 0 saturated carbocycles. The Kier molecular flexibility index (Phi) is 9.09. The van der Waals surface area contributed by atoms with E-state index in [1.165, 1.54) is 6.92 Å². The van der Waals surface area contributed by atoms with E-state index in [0.29, 0.717) is 18.5 Å². The smallest absolute Gasteiger partial charge is 0.358 e. The Bertz CT molecular complexity index is 1070. The van der Waals surface area contributed by atoms with Gasteiger partial charge in [-0.25, -0.2) is 4.99 Å². The molecule has 0 aromatic heterocycles. The average Bonchev–Trinajstić information content (AvgIpc) is 2.78. The minimum Gasteiger partial charge on any atom is -0.358 e. The first-order valence-corrected chi connectivity index (χ1v) is 11.7. The van der Waals surface area contributed by atoms with E-state index in [0.717, 1.165) is 27.9 Å². The molecule has 2 rings (SSSR count). The topological polar surface area (TPSA) is 48.2 Å². The first-order chi connectivity index (χ1) is 16.0. The van der Waals surface area contributed by atoms with Crippen molar-refractivity contribution < 1.29 is 13.2 Å². The minimum atomic E-state index is -4.80. The highest BCUT2D eigenvalue weighted by Gasteiger charge is 2.40. The first-order valence-electron chi connectivity index (χ1n) is 11.7. The molecule has 0 aliphatic heterocycles. The van der Waals surface area contributed by atoms with Gasteiger partial charge in [-0.1, -0.05) is 77.9 Å². The van der Waals surface area contributed by atoms with Crippen LogP contribution in [0, 0.1) is 11.3 Å². The van der Waals surface area contributed by atoms with E-state index in [9.17, 15) is 18.4 Å². The molecule has 0 aliphatic carbocycles. The number of nitrogens with one attached hydrogen (secondary N) is 1. The number of hydrogen-bond donors (Lipinski definition) is 1. The fourth-order valence-electron chi connectivity index (χ4n) is 3.98. The maximum Gasteiger partial charge on any atom is 0.434 e. The van der Waals surface area contributed by atoms with Crippen LogP contribution in [0.1, 0.15) is 82.6 Å². The van der Waals surface area contributed by atoms with Crippen molar-refractivity contribution in [3.05, 3.63) is 69.9 Å². The van der Waals surface area contributed by atoms with Gasteiger partial charge in [-0.2, -0.15) is 18.4 Å². The molecule has 2 aromatic rings. The number of allylic oxidation sites excluding steroid dienone is 2. The summed E-state index contributed by atoms with van der Waals surface area (Å²) in [4.78, 5) is 4.16. The maximum atomic E-state index is 14.4. The van der Waals surface area contributed by atoms with Crippen LogP contribution in [0.25, 0.3) is 0 Å². The molecule has 2 aromatic carbocycles. The van der Waals surface area contributed by atoms with Gasteiger partial charge >= 0.3 is 6.18 Å². The molecule has 0 spiro atoms. The van der Waals surface area contributed by atoms with Crippen molar-refractivity contribution in [3.63, 3.8) is 0 Å². The van der Waals surface area contributed by atoms with E-state index in [1.54, 1.807) is 18.2 Å². The van der Waals surface area contributed by atoms with Gasteiger partial charge in [-0.15, -0.1) is 0 Å². The largest absolute Gasteiger partial charge is 0.434 e. The molecule has 1 N–H and O–H groups in total. The van der Waals surface area contributed by atoms with Crippen molar-refractivity contribution in [2.45, 2.75) is 79.3 Å². The predicted molar refractivity (Wildman–Crippen MR) is 135 cm³/mol. The lowest BCUT2D eigenvalue weighted by atomic mass is 9.92. The highest BCUT2D eigenvalue weighted by Crippen LogP contribution is 2.37. The van der Waals surface area contributed by atoms with Gasteiger partial charge in [0.1, 0.15) is 11.6 Å². The van der Waals surface area contributed by atoms with Crippen molar-refractivity contribution >= 4 is 17.1 Å². The molecule has 0 saturated heterocycles. The summed E-state index contributed by atoms with van der Waals surface area (Å²) in [5.41, 5.74) is 2.90. The van der Waals surface area contributed by atoms with E-state index in [2.05, 4.69) is 10.3 Å². The fraction of sp³-hybridized carbons (Fsp3) is 0.429. The zero-order valence-corrected chi connectivity index (χ0v) is 21.1. The maximum absolute atomic E-state index is 14.4. The molecule has 0 radical (unpaired) electrons. The van der Waals surface area contributed by atoms with Crippen LogP contribution < -0.4 is 5.32 Å². The van der Waals surface area contributed by atoms with Crippen molar-refractivity contribution in [1.82, 2.24) is 0 Å². The van der Waals surface area contributed by atoms with Crippen LogP contribution in [0.15, 0.2) is 52.7 Å². The molecule has 0 unspecified atom stereocenters. The van der Waals surface area contributed by atoms with E-state index in [-0.39, 0.29) is 17.5 Å². The van der Waals surface area contributed by atoms with Gasteiger partial charge in [-0.3, -0.25) is 0 Å². The van der Waals surface area contributed by atoms with Crippen LogP contribution in [0.3, 0.4) is 0 Å². The van der Waals surface area contributed by atoms with Crippen molar-refractivity contribution in [3.8, 4) is 6.07 Å². The average molecular weight is 470 g/mol. The molecular formula is C28H34F3N3. The third-order valence-electron chi connectivity index (χ3n) is 5.87. The number of halogens is 3. The monoisotopic (exact) mass is 469 g/mol. The molecule has 0 fully saturated rings. The van der Waals surface area contributed by atoms with Crippen molar-refractivity contribution in [1.29, 1.82) is 5.26 Å². The Morgan fingerprint density at radius 3 is 1.79 bits per heavy atom. The first kappa shape index (κ1) is 27.2. The second-order valence-corrected chi connectivity index (χ2v) is 8.95. The summed E-state index contributed by atoms with van der Waals surface area (Å²) in [5.74, 6) is -0.0478. The lowest BCUT2D eigenvalue weighted by Gasteiger charge is -2.20. The molecule has 0 amide bonds. The summed E-state index contributed by atoms with van der Waals surface area (Å²) >= 11 is 0. The van der Waals surface area contributed by atoms with Crippen LogP contribution in [0.2, 0.25) is 0 Å². The molecule has 0 bridgehead atoms. The number of anilines is 1. The Morgan fingerprint density at radius 1 is 0.941 bits per heavy atom. The summed E-state index contributed by atoms with van der Waals surface area (Å²) < 4.78 is 43.1. The van der Waals surface area contributed by atoms with Crippen LogP contribution in [-0.4, -0.2) is 11.9 Å². The molecular weight excluding hydrogens is 435 g/mol. The van der Waals surface area contributed by atoms with Crippen LogP contribution in [0.5, 0.6) is 0 Å². The van der Waals surface area contributed by atoms with Gasteiger partial charge in [0.15, 0.2) is 5.71 Å². The highest BCUT2D eigenvalue weighted by atomic mass is 19.4. The van der Waals surface area contributed by atoms with Crippen molar-refractivity contribution in [2.75, 3.05) is 5.32 Å². The molecule has 0 aliphatic rings. The number of alkyl halides is 3.